The van der Waals surface area contributed by atoms with Gasteiger partial charge in [-0.25, -0.2) is 4.98 Å². The third-order valence-corrected chi connectivity index (χ3v) is 5.33. The van der Waals surface area contributed by atoms with Crippen LogP contribution in [0.5, 0.6) is 5.88 Å². The summed E-state index contributed by atoms with van der Waals surface area (Å²) < 4.78 is 7.38. The zero-order valence-corrected chi connectivity index (χ0v) is 16.0. The number of hydrogen-bond acceptors (Lipinski definition) is 5. The van der Waals surface area contributed by atoms with E-state index in [4.69, 9.17) is 20.6 Å². The molecule has 27 heavy (non-hydrogen) atoms. The number of nitrogens with zero attached hydrogens (tertiary/aromatic N) is 3. The van der Waals surface area contributed by atoms with Crippen molar-refractivity contribution in [1.82, 2.24) is 14.6 Å². The molecule has 0 aliphatic carbocycles. The Morgan fingerprint density at radius 2 is 1.81 bits per heavy atom. The summed E-state index contributed by atoms with van der Waals surface area (Å²) in [6.07, 6.45) is 0. The van der Waals surface area contributed by atoms with E-state index in [1.807, 2.05) is 48.5 Å². The molecular weight excluding hydrogens is 356 g/mol. The molecule has 136 valence electrons. The van der Waals surface area contributed by atoms with Crippen molar-refractivity contribution in [3.8, 4) is 17.1 Å². The number of aromatic nitrogens is 3. The molecule has 0 radical (unpaired) electrons. The van der Waals surface area contributed by atoms with Crippen LogP contribution in [0.3, 0.4) is 0 Å². The summed E-state index contributed by atoms with van der Waals surface area (Å²) in [6, 6.07) is 20.1. The Balaban J connectivity index is 1.67. The van der Waals surface area contributed by atoms with Crippen LogP contribution in [0.4, 0.5) is 5.69 Å². The van der Waals surface area contributed by atoms with Gasteiger partial charge in [-0.05, 0) is 30.7 Å². The molecule has 0 saturated heterocycles. The van der Waals surface area contributed by atoms with Gasteiger partial charge in [0.1, 0.15) is 10.7 Å². The molecule has 0 unspecified atom stereocenters. The first-order chi connectivity index (χ1) is 13.2. The largest absolute Gasteiger partial charge is 0.479 e. The van der Waals surface area contributed by atoms with Gasteiger partial charge in [-0.15, -0.1) is 0 Å². The van der Waals surface area contributed by atoms with Gasteiger partial charge in [0.25, 0.3) is 0 Å². The summed E-state index contributed by atoms with van der Waals surface area (Å²) in [5.41, 5.74) is 11.7. The summed E-state index contributed by atoms with van der Waals surface area (Å²) in [6.45, 7) is 2.06. The molecule has 0 amide bonds. The number of aryl methyl sites for hydroxylation is 1. The predicted octanol–water partition coefficient (Wildman–Crippen LogP) is 4.59. The Labute approximate surface area is 162 Å². The molecule has 0 bridgehead atoms. The van der Waals surface area contributed by atoms with Gasteiger partial charge >= 0.3 is 0 Å². The first-order valence-electron chi connectivity index (χ1n) is 8.62. The molecule has 2 N–H and O–H groups in total. The number of imidazole rings is 1. The zero-order chi connectivity index (χ0) is 18.8. The Morgan fingerprint density at radius 3 is 2.56 bits per heavy atom. The minimum Gasteiger partial charge on any atom is -0.479 e. The SMILES string of the molecule is COc1c(-c2ccc(C)cc2)nc2ccc(SCc3ccccc3N)nn12. The molecule has 0 aliphatic rings. The standard InChI is InChI=1S/C21H20N4OS/c1-14-7-9-15(10-8-14)20-21(26-2)25-18(23-20)11-12-19(24-25)27-13-16-5-3-4-6-17(16)22/h3-12H,13,22H2,1-2H3. The number of hydrogen-bond donors (Lipinski definition) is 1. The zero-order valence-electron chi connectivity index (χ0n) is 15.2. The Kier molecular flexibility index (Phi) is 4.73. The summed E-state index contributed by atoms with van der Waals surface area (Å²) in [4.78, 5) is 4.70. The lowest BCUT2D eigenvalue weighted by atomic mass is 10.1. The van der Waals surface area contributed by atoms with E-state index in [0.29, 0.717) is 5.88 Å². The fraction of sp³-hybridized carbons (Fsp3) is 0.143. The van der Waals surface area contributed by atoms with Crippen LogP contribution in [0.1, 0.15) is 11.1 Å². The van der Waals surface area contributed by atoms with E-state index in [1.165, 1.54) is 5.56 Å². The second-order valence-corrected chi connectivity index (χ2v) is 7.26. The Morgan fingerprint density at radius 1 is 1.04 bits per heavy atom. The summed E-state index contributed by atoms with van der Waals surface area (Å²) in [5.74, 6) is 1.39. The van der Waals surface area contributed by atoms with Crippen molar-refractivity contribution in [2.45, 2.75) is 17.7 Å². The van der Waals surface area contributed by atoms with Crippen molar-refractivity contribution in [2.75, 3.05) is 12.8 Å². The average Bonchev–Trinajstić information content (AvgIpc) is 3.05. The van der Waals surface area contributed by atoms with Crippen LogP contribution >= 0.6 is 11.8 Å². The summed E-state index contributed by atoms with van der Waals surface area (Å²) >= 11 is 1.63. The lowest BCUT2D eigenvalue weighted by Gasteiger charge is -2.06. The number of methoxy groups -OCH3 is 1. The van der Waals surface area contributed by atoms with Gasteiger partial charge in [-0.1, -0.05) is 59.8 Å². The molecule has 4 aromatic rings. The highest BCUT2D eigenvalue weighted by Crippen LogP contribution is 2.31. The van der Waals surface area contributed by atoms with Gasteiger partial charge < -0.3 is 10.5 Å². The van der Waals surface area contributed by atoms with Crippen molar-refractivity contribution in [2.24, 2.45) is 0 Å². The first-order valence-corrected chi connectivity index (χ1v) is 9.61. The fourth-order valence-electron chi connectivity index (χ4n) is 2.87. The number of nitrogens with two attached hydrogens (primary N) is 1. The van der Waals surface area contributed by atoms with Crippen LogP contribution in [0.2, 0.25) is 0 Å². The Bertz CT molecular complexity index is 1090. The minimum absolute atomic E-state index is 0.635. The molecule has 0 aliphatic heterocycles. The van der Waals surface area contributed by atoms with Crippen molar-refractivity contribution < 1.29 is 4.74 Å². The van der Waals surface area contributed by atoms with Crippen molar-refractivity contribution in [3.63, 3.8) is 0 Å². The molecule has 0 spiro atoms. The molecule has 5 nitrogen and oxygen atoms in total. The lowest BCUT2D eigenvalue weighted by molar-refractivity contribution is 0.387. The van der Waals surface area contributed by atoms with Crippen LogP contribution in [-0.4, -0.2) is 21.7 Å². The van der Waals surface area contributed by atoms with E-state index < -0.39 is 0 Å². The number of anilines is 1. The highest BCUT2D eigenvalue weighted by Gasteiger charge is 2.16. The average molecular weight is 376 g/mol. The van der Waals surface area contributed by atoms with E-state index in [9.17, 15) is 0 Å². The number of nitrogen functional groups attached to an aromatic ring is 1. The monoisotopic (exact) mass is 376 g/mol. The van der Waals surface area contributed by atoms with Crippen molar-refractivity contribution in [3.05, 3.63) is 71.8 Å². The highest BCUT2D eigenvalue weighted by molar-refractivity contribution is 7.98. The number of para-hydroxylation sites is 1. The molecule has 6 heteroatoms. The van der Waals surface area contributed by atoms with Crippen molar-refractivity contribution in [1.29, 1.82) is 0 Å². The van der Waals surface area contributed by atoms with E-state index >= 15 is 0 Å². The van der Waals surface area contributed by atoms with Crippen LogP contribution in [0.15, 0.2) is 65.7 Å². The van der Waals surface area contributed by atoms with Crippen LogP contribution < -0.4 is 10.5 Å². The molecule has 2 aromatic carbocycles. The molecular formula is C21H20N4OS. The smallest absolute Gasteiger partial charge is 0.243 e. The van der Waals surface area contributed by atoms with Gasteiger partial charge in [-0.3, -0.25) is 0 Å². The van der Waals surface area contributed by atoms with E-state index in [1.54, 1.807) is 23.4 Å². The number of benzene rings is 2. The molecule has 0 fully saturated rings. The van der Waals surface area contributed by atoms with Gasteiger partial charge in [0.2, 0.25) is 5.88 Å². The van der Waals surface area contributed by atoms with E-state index in [0.717, 1.165) is 38.9 Å². The van der Waals surface area contributed by atoms with Crippen LogP contribution in [-0.2, 0) is 5.75 Å². The predicted molar refractivity (Wildman–Crippen MR) is 110 cm³/mol. The molecule has 2 heterocycles. The van der Waals surface area contributed by atoms with Gasteiger partial charge in [0.05, 0.1) is 7.11 Å². The topological polar surface area (TPSA) is 65.4 Å². The lowest BCUT2D eigenvalue weighted by Crippen LogP contribution is -1.98. The highest BCUT2D eigenvalue weighted by atomic mass is 32.2. The number of fused-ring (bicyclic) bond motifs is 1. The molecule has 0 saturated carbocycles. The van der Waals surface area contributed by atoms with Crippen LogP contribution in [0.25, 0.3) is 16.9 Å². The molecule has 4 rings (SSSR count). The van der Waals surface area contributed by atoms with Gasteiger partial charge in [-0.2, -0.15) is 9.61 Å². The minimum atomic E-state index is 0.635. The summed E-state index contributed by atoms with van der Waals surface area (Å²) in [5, 5.41) is 5.59. The first kappa shape index (κ1) is 17.4. The van der Waals surface area contributed by atoms with Crippen molar-refractivity contribution >= 4 is 23.1 Å². The maximum Gasteiger partial charge on any atom is 0.243 e. The fourth-order valence-corrected chi connectivity index (χ4v) is 3.74. The third kappa shape index (κ3) is 3.48. The second kappa shape index (κ2) is 7.32. The van der Waals surface area contributed by atoms with Gasteiger partial charge in [0, 0.05) is 17.0 Å². The Hall–Kier alpha value is -2.99. The van der Waals surface area contributed by atoms with Gasteiger partial charge in [0.15, 0.2) is 5.65 Å². The maximum atomic E-state index is 6.03. The number of ether oxygens (including phenoxy) is 1. The number of rotatable bonds is 5. The second-order valence-electron chi connectivity index (χ2n) is 6.26. The molecule has 0 atom stereocenters. The maximum absolute atomic E-state index is 6.03. The summed E-state index contributed by atoms with van der Waals surface area (Å²) in [7, 11) is 1.65. The number of thioether (sulfide) groups is 1. The van der Waals surface area contributed by atoms with Crippen LogP contribution in [0, 0.1) is 6.92 Å². The normalized spacial score (nSPS) is 11.0. The van der Waals surface area contributed by atoms with E-state index in [-0.39, 0.29) is 0 Å². The third-order valence-electron chi connectivity index (χ3n) is 4.36. The molecule has 2 aromatic heterocycles. The quantitative estimate of drug-likeness (QED) is 0.408. The van der Waals surface area contributed by atoms with E-state index in [2.05, 4.69) is 19.1 Å².